The molecule has 2 aliphatic heterocycles. The molecular weight excluding hydrogens is 428 g/mol. The van der Waals surface area contributed by atoms with Gasteiger partial charge in [0.2, 0.25) is 16.0 Å². The molecule has 2 saturated heterocycles. The summed E-state index contributed by atoms with van der Waals surface area (Å²) in [6.45, 7) is 8.20. The average molecular weight is 461 g/mol. The van der Waals surface area contributed by atoms with Crippen molar-refractivity contribution in [3.63, 3.8) is 0 Å². The molecule has 0 bridgehead atoms. The monoisotopic (exact) mass is 460 g/mol. The molecule has 0 saturated carbocycles. The zero-order valence-corrected chi connectivity index (χ0v) is 19.4. The minimum atomic E-state index is -3.47. The van der Waals surface area contributed by atoms with Gasteiger partial charge in [-0.15, -0.1) is 0 Å². The quantitative estimate of drug-likeness (QED) is 0.563. The lowest BCUT2D eigenvalue weighted by Gasteiger charge is -2.34. The third-order valence-electron chi connectivity index (χ3n) is 6.00. The maximum atomic E-state index is 12.8. The molecule has 4 rings (SSSR count). The molecule has 0 amide bonds. The van der Waals surface area contributed by atoms with Crippen molar-refractivity contribution >= 4 is 21.8 Å². The van der Waals surface area contributed by atoms with Gasteiger partial charge in [0.25, 0.3) is 0 Å². The second-order valence-corrected chi connectivity index (χ2v) is 10.2. The number of aromatic nitrogens is 3. The number of rotatable bonds is 8. The van der Waals surface area contributed by atoms with Gasteiger partial charge in [-0.05, 0) is 38.2 Å². The molecule has 0 unspecified atom stereocenters. The highest BCUT2D eigenvalue weighted by Gasteiger charge is 2.27. The summed E-state index contributed by atoms with van der Waals surface area (Å²) < 4.78 is 27.1. The summed E-state index contributed by atoms with van der Waals surface area (Å²) in [6, 6.07) is 5.23. The van der Waals surface area contributed by atoms with Gasteiger partial charge in [-0.25, -0.2) is 23.4 Å². The van der Waals surface area contributed by atoms with Crippen molar-refractivity contribution in [2.75, 3.05) is 82.7 Å². The molecular formula is C21H32N8O2S. The number of anilines is 2. The Morgan fingerprint density at radius 3 is 2.31 bits per heavy atom. The third-order valence-corrected chi connectivity index (χ3v) is 7.88. The Labute approximate surface area is 190 Å². The van der Waals surface area contributed by atoms with Crippen LogP contribution in [0.2, 0.25) is 0 Å². The van der Waals surface area contributed by atoms with Crippen molar-refractivity contribution in [1.29, 1.82) is 0 Å². The lowest BCUT2D eigenvalue weighted by Crippen LogP contribution is -2.47. The molecule has 0 atom stereocenters. The van der Waals surface area contributed by atoms with E-state index in [0.29, 0.717) is 18.9 Å². The van der Waals surface area contributed by atoms with Crippen LogP contribution in [0.1, 0.15) is 6.42 Å². The lowest BCUT2D eigenvalue weighted by atomic mass is 10.3. The fraction of sp³-hybridized carbons (Fsp3) is 0.571. The molecule has 174 valence electrons. The van der Waals surface area contributed by atoms with Gasteiger partial charge in [0.1, 0.15) is 10.7 Å². The van der Waals surface area contributed by atoms with Crippen molar-refractivity contribution in [2.45, 2.75) is 11.3 Å². The van der Waals surface area contributed by atoms with E-state index in [1.807, 2.05) is 13.1 Å². The van der Waals surface area contributed by atoms with Gasteiger partial charge < -0.3 is 15.1 Å². The van der Waals surface area contributed by atoms with E-state index in [1.54, 1.807) is 28.8 Å². The minimum absolute atomic E-state index is 0.257. The van der Waals surface area contributed by atoms with Gasteiger partial charge in [-0.2, -0.15) is 4.31 Å². The molecule has 0 radical (unpaired) electrons. The number of likely N-dealkylation sites (N-methyl/N-ethyl adjacent to an activating group) is 1. The summed E-state index contributed by atoms with van der Waals surface area (Å²) in [6.07, 6.45) is 6.01. The summed E-state index contributed by atoms with van der Waals surface area (Å²) >= 11 is 0. The Hall–Kier alpha value is -2.34. The highest BCUT2D eigenvalue weighted by atomic mass is 32.2. The second-order valence-electron chi connectivity index (χ2n) is 8.24. The van der Waals surface area contributed by atoms with Crippen molar-refractivity contribution in [3.8, 4) is 0 Å². The highest BCUT2D eigenvalue weighted by molar-refractivity contribution is 7.89. The van der Waals surface area contributed by atoms with E-state index in [4.69, 9.17) is 0 Å². The van der Waals surface area contributed by atoms with Crippen LogP contribution in [0.3, 0.4) is 0 Å². The molecule has 4 heterocycles. The summed E-state index contributed by atoms with van der Waals surface area (Å²) in [5.74, 6) is 1.51. The summed E-state index contributed by atoms with van der Waals surface area (Å²) in [4.78, 5) is 20.0. The molecule has 2 fully saturated rings. The number of hydrogen-bond donors (Lipinski definition) is 1. The van der Waals surface area contributed by atoms with E-state index in [-0.39, 0.29) is 4.90 Å². The van der Waals surface area contributed by atoms with Crippen molar-refractivity contribution in [2.24, 2.45) is 0 Å². The number of nitrogens with one attached hydrogen (secondary N) is 1. The van der Waals surface area contributed by atoms with E-state index in [0.717, 1.165) is 64.7 Å². The van der Waals surface area contributed by atoms with Gasteiger partial charge in [0.05, 0.1) is 0 Å². The molecule has 2 aromatic heterocycles. The van der Waals surface area contributed by atoms with E-state index in [2.05, 4.69) is 35.0 Å². The van der Waals surface area contributed by atoms with Gasteiger partial charge >= 0.3 is 0 Å². The van der Waals surface area contributed by atoms with Crippen LogP contribution in [0, 0.1) is 0 Å². The zero-order chi connectivity index (χ0) is 22.4. The molecule has 11 heteroatoms. The molecule has 32 heavy (non-hydrogen) atoms. The number of piperazine rings is 2. The smallest absolute Gasteiger partial charge is 0.244 e. The van der Waals surface area contributed by atoms with E-state index < -0.39 is 10.0 Å². The maximum absolute atomic E-state index is 12.8. The van der Waals surface area contributed by atoms with E-state index in [1.165, 1.54) is 6.20 Å². The maximum Gasteiger partial charge on any atom is 0.244 e. The molecule has 2 aromatic rings. The van der Waals surface area contributed by atoms with Crippen LogP contribution in [0.15, 0.2) is 41.7 Å². The molecule has 1 N–H and O–H groups in total. The van der Waals surface area contributed by atoms with Crippen LogP contribution in [-0.4, -0.2) is 110 Å². The Morgan fingerprint density at radius 1 is 0.938 bits per heavy atom. The fourth-order valence-corrected chi connectivity index (χ4v) is 5.33. The first-order valence-corrected chi connectivity index (χ1v) is 12.6. The van der Waals surface area contributed by atoms with Crippen LogP contribution in [0.4, 0.5) is 11.8 Å². The zero-order valence-electron chi connectivity index (χ0n) is 18.6. The van der Waals surface area contributed by atoms with E-state index >= 15 is 0 Å². The van der Waals surface area contributed by atoms with Crippen molar-refractivity contribution < 1.29 is 8.42 Å². The first kappa shape index (κ1) is 22.8. The second kappa shape index (κ2) is 10.5. The summed E-state index contributed by atoms with van der Waals surface area (Å²) in [5, 5.41) is 3.30. The van der Waals surface area contributed by atoms with Crippen LogP contribution >= 0.6 is 0 Å². The SMILES string of the molecule is CN1CCN(S(=O)(=O)c2ccc(NCCCN3CCN(c4ncccn4)CC3)nc2)CC1. The normalized spacial score (nSPS) is 19.2. The third kappa shape index (κ3) is 5.71. The number of hydrogen-bond acceptors (Lipinski definition) is 9. The van der Waals surface area contributed by atoms with Gasteiger partial charge in [0, 0.05) is 77.5 Å². The Balaban J connectivity index is 1.18. The van der Waals surface area contributed by atoms with E-state index in [9.17, 15) is 8.42 Å². The Morgan fingerprint density at radius 2 is 1.66 bits per heavy atom. The molecule has 0 aromatic carbocycles. The topological polar surface area (TPSA) is 97.8 Å². The Bertz CT molecular complexity index is 942. The average Bonchev–Trinajstić information content (AvgIpc) is 2.83. The molecule has 0 aliphatic carbocycles. The lowest BCUT2D eigenvalue weighted by molar-refractivity contribution is 0.222. The largest absolute Gasteiger partial charge is 0.370 e. The summed E-state index contributed by atoms with van der Waals surface area (Å²) in [5.41, 5.74) is 0. The van der Waals surface area contributed by atoms with Crippen LogP contribution < -0.4 is 10.2 Å². The first-order chi connectivity index (χ1) is 15.5. The highest BCUT2D eigenvalue weighted by Crippen LogP contribution is 2.18. The number of pyridine rings is 1. The number of sulfonamides is 1. The van der Waals surface area contributed by atoms with Crippen LogP contribution in [-0.2, 0) is 10.0 Å². The van der Waals surface area contributed by atoms with Crippen LogP contribution in [0.5, 0.6) is 0 Å². The minimum Gasteiger partial charge on any atom is -0.370 e. The van der Waals surface area contributed by atoms with Gasteiger partial charge in [-0.1, -0.05) is 0 Å². The molecule has 10 nitrogen and oxygen atoms in total. The summed E-state index contributed by atoms with van der Waals surface area (Å²) in [7, 11) is -1.46. The molecule has 2 aliphatic rings. The fourth-order valence-electron chi connectivity index (χ4n) is 3.96. The Kier molecular flexibility index (Phi) is 7.51. The number of nitrogens with zero attached hydrogens (tertiary/aromatic N) is 7. The predicted octanol–water partition coefficient (Wildman–Crippen LogP) is 0.432. The van der Waals surface area contributed by atoms with Crippen molar-refractivity contribution in [1.82, 2.24) is 29.1 Å². The van der Waals surface area contributed by atoms with Crippen LogP contribution in [0.25, 0.3) is 0 Å². The van der Waals surface area contributed by atoms with Crippen molar-refractivity contribution in [3.05, 3.63) is 36.8 Å². The first-order valence-electron chi connectivity index (χ1n) is 11.2. The van der Waals surface area contributed by atoms with Gasteiger partial charge in [-0.3, -0.25) is 4.90 Å². The predicted molar refractivity (Wildman–Crippen MR) is 124 cm³/mol. The van der Waals surface area contributed by atoms with Gasteiger partial charge in [0.15, 0.2) is 0 Å². The standard InChI is InChI=1S/C21H32N8O2S/c1-26-10-16-29(17-11-26)32(30,31)19-4-5-20(25-18-19)22-8-3-9-27-12-14-28(15-13-27)21-23-6-2-7-24-21/h2,4-7,18H,3,8-17H2,1H3,(H,22,25). The molecule has 0 spiro atoms.